The van der Waals surface area contributed by atoms with Crippen LogP contribution >= 0.6 is 0 Å². The molecular weight excluding hydrogens is 749 g/mol. The highest BCUT2D eigenvalue weighted by atomic mass is 32.2. The molecule has 4 saturated carbocycles. The number of carbonyl (C=O) groups excluding carboxylic acids is 3. The standard InChI is InChI=1S/C43H44N4O9S/c1-55-33-15-8-16-34(56-2)36(33)42-22-25-21-30(37(42)57(53,54)20-19-46-38(48)28-12-5-6-13-29(28)39(46)49)35(41(51)52)43(23-25,24-42)47(40(50)31-17-18-44-45-31)32-14-7-10-26-9-3-4-11-27(26)32/h5-10,12-17,25,27,30,35,37H,3-4,11,18-24H2,1-2H3,(H,51,52). The molecule has 0 aromatic heterocycles. The highest BCUT2D eigenvalue weighted by Gasteiger charge is 2.75. The highest BCUT2D eigenvalue weighted by molar-refractivity contribution is 7.92. The molecule has 0 radical (unpaired) electrons. The molecule has 0 saturated heterocycles. The van der Waals surface area contributed by atoms with E-state index in [9.17, 15) is 19.5 Å². The number of nitrogens with zero attached hydrogens (tertiary/aromatic N) is 4. The molecule has 4 fully saturated rings. The van der Waals surface area contributed by atoms with E-state index in [1.54, 1.807) is 53.4 Å². The van der Waals surface area contributed by atoms with E-state index in [4.69, 9.17) is 9.47 Å². The smallest absolute Gasteiger partial charge is 0.309 e. The summed E-state index contributed by atoms with van der Waals surface area (Å²) in [6.07, 6.45) is 13.2. The maximum absolute atomic E-state index is 15.3. The molecule has 6 aliphatic carbocycles. The number of hydrogen-bond acceptors (Lipinski definition) is 10. The summed E-state index contributed by atoms with van der Waals surface area (Å²) in [5, 5.41) is 18.5. The minimum atomic E-state index is -4.33. The summed E-state index contributed by atoms with van der Waals surface area (Å²) in [6.45, 7) is -0.179. The Morgan fingerprint density at radius 3 is 2.37 bits per heavy atom. The van der Waals surface area contributed by atoms with Crippen LogP contribution in [0.2, 0.25) is 0 Å². The lowest BCUT2D eigenvalue weighted by atomic mass is 9.41. The second kappa shape index (κ2) is 13.6. The van der Waals surface area contributed by atoms with Crippen molar-refractivity contribution in [3.8, 4) is 11.5 Å². The molecule has 4 bridgehead atoms. The molecule has 2 aromatic carbocycles. The molecule has 2 aliphatic heterocycles. The van der Waals surface area contributed by atoms with Crippen LogP contribution in [0.15, 0.2) is 100 Å². The summed E-state index contributed by atoms with van der Waals surface area (Å²) in [7, 11) is -1.32. The molecule has 0 spiro atoms. The van der Waals surface area contributed by atoms with E-state index in [0.29, 0.717) is 42.0 Å². The van der Waals surface area contributed by atoms with Gasteiger partial charge in [-0.1, -0.05) is 36.4 Å². The number of carboxylic acid groups (broad SMARTS) is 1. The summed E-state index contributed by atoms with van der Waals surface area (Å²) >= 11 is 0. The Morgan fingerprint density at radius 2 is 1.72 bits per heavy atom. The van der Waals surface area contributed by atoms with Crippen LogP contribution in [0.3, 0.4) is 0 Å². The molecule has 10 rings (SSSR count). The van der Waals surface area contributed by atoms with Gasteiger partial charge in [-0.3, -0.25) is 24.1 Å². The van der Waals surface area contributed by atoms with Crippen molar-refractivity contribution >= 4 is 33.5 Å². The molecule has 3 amide bonds. The molecule has 57 heavy (non-hydrogen) atoms. The average Bonchev–Trinajstić information content (AvgIpc) is 3.83. The molecule has 7 atom stereocenters. The van der Waals surface area contributed by atoms with Crippen molar-refractivity contribution in [3.63, 3.8) is 0 Å². The summed E-state index contributed by atoms with van der Waals surface area (Å²) < 4.78 is 42.7. The number of imide groups is 1. The molecule has 8 aliphatic rings. The van der Waals surface area contributed by atoms with Crippen LogP contribution in [-0.2, 0) is 24.8 Å². The summed E-state index contributed by atoms with van der Waals surface area (Å²) in [4.78, 5) is 58.7. The van der Waals surface area contributed by atoms with E-state index in [1.807, 2.05) is 18.2 Å². The number of amides is 3. The predicted octanol–water partition coefficient (Wildman–Crippen LogP) is 5.65. The number of carbonyl (C=O) groups is 4. The van der Waals surface area contributed by atoms with Gasteiger partial charge in [-0.2, -0.15) is 10.2 Å². The maximum Gasteiger partial charge on any atom is 0.309 e. The predicted molar refractivity (Wildman–Crippen MR) is 207 cm³/mol. The lowest BCUT2D eigenvalue weighted by Gasteiger charge is -2.69. The number of hydrogen-bond donors (Lipinski definition) is 1. The van der Waals surface area contributed by atoms with Gasteiger partial charge >= 0.3 is 5.97 Å². The van der Waals surface area contributed by atoms with Crippen LogP contribution in [0.25, 0.3) is 0 Å². The molecule has 296 valence electrons. The summed E-state index contributed by atoms with van der Waals surface area (Å²) in [5.74, 6) is -5.19. The molecule has 13 nitrogen and oxygen atoms in total. The molecule has 1 N–H and O–H groups in total. The Bertz CT molecular complexity index is 2330. The van der Waals surface area contributed by atoms with E-state index in [2.05, 4.69) is 16.3 Å². The van der Waals surface area contributed by atoms with Gasteiger partial charge in [0.25, 0.3) is 17.7 Å². The monoisotopic (exact) mass is 792 g/mol. The Labute approximate surface area is 330 Å². The van der Waals surface area contributed by atoms with Gasteiger partial charge in [-0.25, -0.2) is 8.42 Å². The number of rotatable bonds is 11. The zero-order chi connectivity index (χ0) is 39.9. The van der Waals surface area contributed by atoms with Gasteiger partial charge in [-0.05, 0) is 98.8 Å². The first-order valence-electron chi connectivity index (χ1n) is 19.6. The minimum absolute atomic E-state index is 0.0272. The normalized spacial score (nSPS) is 30.7. The first kappa shape index (κ1) is 37.2. The minimum Gasteiger partial charge on any atom is -0.496 e. The van der Waals surface area contributed by atoms with Gasteiger partial charge in [0.05, 0.1) is 54.4 Å². The number of methoxy groups -OCH3 is 2. The third-order valence-electron chi connectivity index (χ3n) is 13.6. The quantitative estimate of drug-likeness (QED) is 0.282. The molecule has 14 heteroatoms. The first-order chi connectivity index (χ1) is 27.5. The van der Waals surface area contributed by atoms with Crippen molar-refractivity contribution in [3.05, 3.63) is 107 Å². The van der Waals surface area contributed by atoms with Crippen LogP contribution in [0.4, 0.5) is 0 Å². The van der Waals surface area contributed by atoms with Crippen molar-refractivity contribution in [2.75, 3.05) is 33.1 Å². The average molecular weight is 793 g/mol. The van der Waals surface area contributed by atoms with Crippen molar-refractivity contribution < 1.29 is 42.2 Å². The first-order valence-corrected chi connectivity index (χ1v) is 21.3. The van der Waals surface area contributed by atoms with Gasteiger partial charge in [0.2, 0.25) is 0 Å². The number of ether oxygens (including phenoxy) is 2. The maximum atomic E-state index is 15.3. The Hall–Kier alpha value is -5.37. The Morgan fingerprint density at radius 1 is 1.00 bits per heavy atom. The van der Waals surface area contributed by atoms with Gasteiger partial charge in [-0.15, -0.1) is 0 Å². The fourth-order valence-electron chi connectivity index (χ4n) is 11.9. The summed E-state index contributed by atoms with van der Waals surface area (Å²) in [5.41, 5.74) is 0.0894. The Balaban J connectivity index is 1.23. The molecular formula is C43H44N4O9S. The molecule has 2 heterocycles. The van der Waals surface area contributed by atoms with Gasteiger partial charge in [0.1, 0.15) is 17.2 Å². The fraction of sp³-hybridized carbons (Fsp3) is 0.442. The zero-order valence-corrected chi connectivity index (χ0v) is 32.6. The van der Waals surface area contributed by atoms with E-state index in [-0.39, 0.29) is 41.6 Å². The number of allylic oxidation sites excluding steroid dienone is 5. The van der Waals surface area contributed by atoms with Crippen LogP contribution in [0.5, 0.6) is 11.5 Å². The number of sulfone groups is 1. The van der Waals surface area contributed by atoms with Gasteiger partial charge < -0.3 is 19.5 Å². The van der Waals surface area contributed by atoms with Gasteiger partial charge in [0, 0.05) is 29.1 Å². The van der Waals surface area contributed by atoms with Crippen molar-refractivity contribution in [1.29, 1.82) is 0 Å². The lowest BCUT2D eigenvalue weighted by molar-refractivity contribution is -0.180. The topological polar surface area (TPSA) is 172 Å². The van der Waals surface area contributed by atoms with E-state index in [1.165, 1.54) is 14.2 Å². The largest absolute Gasteiger partial charge is 0.496 e. The van der Waals surface area contributed by atoms with Crippen molar-refractivity contribution in [1.82, 2.24) is 9.80 Å². The molecule has 7 unspecified atom stereocenters. The lowest BCUT2D eigenvalue weighted by Crippen LogP contribution is -2.77. The van der Waals surface area contributed by atoms with E-state index in [0.717, 1.165) is 29.7 Å². The van der Waals surface area contributed by atoms with E-state index < -0.39 is 73.9 Å². The van der Waals surface area contributed by atoms with Crippen LogP contribution < -0.4 is 9.47 Å². The third kappa shape index (κ3) is 5.49. The Kier molecular flexibility index (Phi) is 8.90. The number of benzene rings is 2. The van der Waals surface area contributed by atoms with Gasteiger partial charge in [0.15, 0.2) is 9.84 Å². The number of fused-ring (bicyclic) bond motifs is 2. The second-order valence-corrected chi connectivity index (χ2v) is 18.6. The fourth-order valence-corrected chi connectivity index (χ4v) is 14.4. The second-order valence-electron chi connectivity index (χ2n) is 16.4. The van der Waals surface area contributed by atoms with E-state index >= 15 is 13.2 Å². The highest BCUT2D eigenvalue weighted by Crippen LogP contribution is 2.70. The van der Waals surface area contributed by atoms with Crippen LogP contribution in [-0.4, -0.2) is 90.9 Å². The molecule has 2 aromatic rings. The zero-order valence-electron chi connectivity index (χ0n) is 31.8. The number of aliphatic carboxylic acids is 1. The van der Waals surface area contributed by atoms with Crippen LogP contribution in [0.1, 0.15) is 71.2 Å². The number of carboxylic acids is 1. The van der Waals surface area contributed by atoms with Crippen LogP contribution in [0, 0.1) is 23.7 Å². The third-order valence-corrected chi connectivity index (χ3v) is 15.9. The number of azo groups is 1. The van der Waals surface area contributed by atoms with Crippen molar-refractivity contribution in [2.24, 2.45) is 33.9 Å². The van der Waals surface area contributed by atoms with Crippen molar-refractivity contribution in [2.45, 2.75) is 61.1 Å². The summed E-state index contributed by atoms with van der Waals surface area (Å²) in [6, 6.07) is 11.6. The SMILES string of the molecule is COc1cccc(OC)c1C12CC3CC(C(C(=O)O)C(N(C(=O)C4=CCN=N4)C4=CC=CC5=CCCCC54)(C3)C1)C2S(=O)(=O)CCN1C(=O)c2ccccc2C1=O.